The van der Waals surface area contributed by atoms with Crippen LogP contribution in [0.25, 0.3) is 10.9 Å². The van der Waals surface area contributed by atoms with Crippen molar-refractivity contribution in [1.29, 1.82) is 0 Å². The predicted molar refractivity (Wildman–Crippen MR) is 119 cm³/mol. The summed E-state index contributed by atoms with van der Waals surface area (Å²) in [7, 11) is 0. The number of benzene rings is 3. The van der Waals surface area contributed by atoms with Gasteiger partial charge in [-0.05, 0) is 53.4 Å². The van der Waals surface area contributed by atoms with Gasteiger partial charge in [-0.3, -0.25) is 0 Å². The van der Waals surface area contributed by atoms with Crippen LogP contribution in [0.15, 0.2) is 72.8 Å². The molecule has 0 amide bonds. The van der Waals surface area contributed by atoms with Gasteiger partial charge in [0.15, 0.2) is 0 Å². The lowest BCUT2D eigenvalue weighted by Crippen LogP contribution is -2.30. The van der Waals surface area contributed by atoms with E-state index in [9.17, 15) is 0 Å². The van der Waals surface area contributed by atoms with E-state index in [2.05, 4.69) is 64.9 Å². The number of aromatic nitrogens is 1. The Morgan fingerprint density at radius 2 is 1.86 bits per heavy atom. The van der Waals surface area contributed by atoms with E-state index in [-0.39, 0.29) is 6.04 Å². The van der Waals surface area contributed by atoms with Crippen LogP contribution in [0, 0.1) is 0 Å². The van der Waals surface area contributed by atoms with Crippen molar-refractivity contribution in [1.82, 2.24) is 10.3 Å². The zero-order chi connectivity index (χ0) is 19.6. The minimum absolute atomic E-state index is 0.127. The average Bonchev–Trinajstić information content (AvgIpc) is 3.13. The molecule has 0 aliphatic carbocycles. The van der Waals surface area contributed by atoms with E-state index >= 15 is 0 Å². The Labute approximate surface area is 175 Å². The van der Waals surface area contributed by atoms with Gasteiger partial charge in [-0.1, -0.05) is 54.1 Å². The first-order chi connectivity index (χ1) is 14.3. The molecule has 1 aromatic heterocycles. The summed E-state index contributed by atoms with van der Waals surface area (Å²) in [6.07, 6.45) is 1.90. The Hall–Kier alpha value is -2.75. The lowest BCUT2D eigenvalue weighted by molar-refractivity contribution is 0.321. The van der Waals surface area contributed by atoms with Crippen LogP contribution < -0.4 is 10.1 Å². The summed E-state index contributed by atoms with van der Waals surface area (Å²) in [6.45, 7) is 1.61. The van der Waals surface area contributed by atoms with E-state index in [1.807, 2.05) is 18.2 Å². The van der Waals surface area contributed by atoms with E-state index in [4.69, 9.17) is 16.3 Å². The molecule has 1 atom stereocenters. The van der Waals surface area contributed by atoms with Crippen molar-refractivity contribution in [3.63, 3.8) is 0 Å². The van der Waals surface area contributed by atoms with E-state index in [0.29, 0.717) is 6.61 Å². The molecule has 146 valence electrons. The number of halogens is 1. The second-order valence-electron chi connectivity index (χ2n) is 7.50. The molecule has 1 aliphatic rings. The first kappa shape index (κ1) is 18.3. The molecule has 4 heteroatoms. The highest BCUT2D eigenvalue weighted by Crippen LogP contribution is 2.35. The second-order valence-corrected chi connectivity index (χ2v) is 7.94. The van der Waals surface area contributed by atoms with Crippen molar-refractivity contribution in [2.75, 3.05) is 13.2 Å². The quantitative estimate of drug-likeness (QED) is 0.450. The summed E-state index contributed by atoms with van der Waals surface area (Å²) in [5.74, 6) is 0.909. The number of aromatic amines is 1. The highest BCUT2D eigenvalue weighted by Gasteiger charge is 2.25. The Morgan fingerprint density at radius 3 is 2.76 bits per heavy atom. The maximum absolute atomic E-state index is 6.24. The number of rotatable bonds is 5. The van der Waals surface area contributed by atoms with Crippen LogP contribution in [-0.2, 0) is 12.8 Å². The van der Waals surface area contributed by atoms with Crippen molar-refractivity contribution < 1.29 is 4.74 Å². The van der Waals surface area contributed by atoms with Gasteiger partial charge in [0.1, 0.15) is 5.75 Å². The fourth-order valence-corrected chi connectivity index (χ4v) is 4.37. The van der Waals surface area contributed by atoms with Crippen LogP contribution in [0.5, 0.6) is 5.75 Å². The average molecular weight is 403 g/mol. The van der Waals surface area contributed by atoms with Gasteiger partial charge in [-0.15, -0.1) is 0 Å². The molecular formula is C25H23ClN2O. The minimum atomic E-state index is 0.127. The molecule has 0 spiro atoms. The Bertz CT molecular complexity index is 1140. The standard InChI is InChI=1S/C25H23ClN2O/c26-19-9-10-23-22(16-19)21-11-13-27-24(25(21)28-23)18-7-4-8-20(15-18)29-14-12-17-5-2-1-3-6-17/h1-10,15-16,24,27-28H,11-14H2. The van der Waals surface area contributed by atoms with Crippen molar-refractivity contribution >= 4 is 22.5 Å². The number of H-pyrrole nitrogens is 1. The third-order valence-corrected chi connectivity index (χ3v) is 5.84. The third-order valence-electron chi connectivity index (χ3n) is 5.61. The normalized spacial score (nSPS) is 16.0. The van der Waals surface area contributed by atoms with Gasteiger partial charge in [0.25, 0.3) is 0 Å². The molecular weight excluding hydrogens is 380 g/mol. The molecule has 0 saturated heterocycles. The SMILES string of the molecule is Clc1ccc2[nH]c3c(c2c1)CCNC3c1cccc(OCCc2ccccc2)c1. The Balaban J connectivity index is 1.38. The zero-order valence-corrected chi connectivity index (χ0v) is 16.9. The zero-order valence-electron chi connectivity index (χ0n) is 16.1. The minimum Gasteiger partial charge on any atom is -0.493 e. The largest absolute Gasteiger partial charge is 0.493 e. The van der Waals surface area contributed by atoms with Crippen molar-refractivity contribution in [3.8, 4) is 5.75 Å². The molecule has 2 N–H and O–H groups in total. The lowest BCUT2D eigenvalue weighted by atomic mass is 9.94. The van der Waals surface area contributed by atoms with Crippen molar-refractivity contribution in [3.05, 3.63) is 100 Å². The van der Waals surface area contributed by atoms with Crippen LogP contribution in [0.4, 0.5) is 0 Å². The number of ether oxygens (including phenoxy) is 1. The molecule has 0 radical (unpaired) electrons. The van der Waals surface area contributed by atoms with Gasteiger partial charge in [0, 0.05) is 34.6 Å². The topological polar surface area (TPSA) is 37.0 Å². The summed E-state index contributed by atoms with van der Waals surface area (Å²) < 4.78 is 6.05. The van der Waals surface area contributed by atoms with Crippen molar-refractivity contribution in [2.45, 2.75) is 18.9 Å². The summed E-state index contributed by atoms with van der Waals surface area (Å²) in [6, 6.07) is 25.1. The Morgan fingerprint density at radius 1 is 0.966 bits per heavy atom. The summed E-state index contributed by atoms with van der Waals surface area (Å²) in [5.41, 5.74) is 6.24. The van der Waals surface area contributed by atoms with Crippen molar-refractivity contribution in [2.24, 2.45) is 0 Å². The number of nitrogens with one attached hydrogen (secondary N) is 2. The molecule has 1 unspecified atom stereocenters. The second kappa shape index (κ2) is 7.94. The summed E-state index contributed by atoms with van der Waals surface area (Å²) >= 11 is 6.24. The molecule has 0 saturated carbocycles. The third kappa shape index (κ3) is 3.76. The number of hydrogen-bond acceptors (Lipinski definition) is 2. The molecule has 5 rings (SSSR count). The molecule has 3 nitrogen and oxygen atoms in total. The van der Waals surface area contributed by atoms with Gasteiger partial charge in [0.05, 0.1) is 12.6 Å². The van der Waals surface area contributed by atoms with E-state index in [1.165, 1.54) is 27.8 Å². The molecule has 29 heavy (non-hydrogen) atoms. The molecule has 1 aliphatic heterocycles. The molecule has 4 aromatic rings. The van der Waals surface area contributed by atoms with E-state index in [0.717, 1.165) is 35.7 Å². The van der Waals surface area contributed by atoms with Crippen LogP contribution in [0.2, 0.25) is 5.02 Å². The summed E-state index contributed by atoms with van der Waals surface area (Å²) in [5, 5.41) is 5.67. The van der Waals surface area contributed by atoms with Gasteiger partial charge in [-0.2, -0.15) is 0 Å². The summed E-state index contributed by atoms with van der Waals surface area (Å²) in [4.78, 5) is 3.61. The van der Waals surface area contributed by atoms with Crippen LogP contribution >= 0.6 is 11.6 Å². The highest BCUT2D eigenvalue weighted by molar-refractivity contribution is 6.31. The maximum atomic E-state index is 6.24. The maximum Gasteiger partial charge on any atom is 0.119 e. The molecule has 3 aromatic carbocycles. The molecule has 2 heterocycles. The number of hydrogen-bond donors (Lipinski definition) is 2. The van der Waals surface area contributed by atoms with E-state index in [1.54, 1.807) is 0 Å². The lowest BCUT2D eigenvalue weighted by Gasteiger charge is -2.25. The number of fused-ring (bicyclic) bond motifs is 3. The predicted octanol–water partition coefficient (Wildman–Crippen LogP) is 5.68. The first-order valence-electron chi connectivity index (χ1n) is 10.1. The van der Waals surface area contributed by atoms with Crippen LogP contribution in [-0.4, -0.2) is 18.1 Å². The van der Waals surface area contributed by atoms with E-state index < -0.39 is 0 Å². The van der Waals surface area contributed by atoms with Gasteiger partial charge < -0.3 is 15.0 Å². The fourth-order valence-electron chi connectivity index (χ4n) is 4.20. The first-order valence-corrected chi connectivity index (χ1v) is 10.5. The molecule has 0 bridgehead atoms. The highest BCUT2D eigenvalue weighted by atomic mass is 35.5. The van der Waals surface area contributed by atoms with Crippen LogP contribution in [0.1, 0.15) is 28.4 Å². The molecule has 0 fully saturated rings. The van der Waals surface area contributed by atoms with Crippen LogP contribution in [0.3, 0.4) is 0 Å². The monoisotopic (exact) mass is 402 g/mol. The fraction of sp³-hybridized carbons (Fsp3) is 0.200. The van der Waals surface area contributed by atoms with Gasteiger partial charge in [-0.25, -0.2) is 0 Å². The smallest absolute Gasteiger partial charge is 0.119 e. The van der Waals surface area contributed by atoms with Gasteiger partial charge in [0.2, 0.25) is 0 Å². The van der Waals surface area contributed by atoms with Gasteiger partial charge >= 0.3 is 0 Å². The Kier molecular flexibility index (Phi) is 5.01.